The van der Waals surface area contributed by atoms with Crippen LogP contribution in [0.2, 0.25) is 0 Å². The SMILES string of the molecule is C=C=CC(O)(CC)c1ccc2cc(OC)ccc2c1. The van der Waals surface area contributed by atoms with E-state index in [-0.39, 0.29) is 0 Å². The van der Waals surface area contributed by atoms with Crippen molar-refractivity contribution in [2.24, 2.45) is 0 Å². The molecule has 2 rings (SSSR count). The summed E-state index contributed by atoms with van der Waals surface area (Å²) in [7, 11) is 1.65. The summed E-state index contributed by atoms with van der Waals surface area (Å²) in [5.41, 5.74) is 2.53. The van der Waals surface area contributed by atoms with Gasteiger partial charge in [-0.1, -0.05) is 31.7 Å². The Bertz CT molecular complexity index is 639. The molecule has 0 saturated heterocycles. The molecular weight excluding hydrogens is 236 g/mol. The number of rotatable bonds is 4. The van der Waals surface area contributed by atoms with Gasteiger partial charge in [-0.15, -0.1) is 5.73 Å². The molecule has 1 N–H and O–H groups in total. The molecule has 1 unspecified atom stereocenters. The van der Waals surface area contributed by atoms with Crippen LogP contribution in [0, 0.1) is 0 Å². The van der Waals surface area contributed by atoms with Crippen molar-refractivity contribution in [3.8, 4) is 5.75 Å². The minimum atomic E-state index is -1.00. The topological polar surface area (TPSA) is 29.5 Å². The van der Waals surface area contributed by atoms with Crippen LogP contribution in [0.5, 0.6) is 5.75 Å². The van der Waals surface area contributed by atoms with Gasteiger partial charge < -0.3 is 9.84 Å². The van der Waals surface area contributed by atoms with Crippen molar-refractivity contribution in [1.29, 1.82) is 0 Å². The van der Waals surface area contributed by atoms with Gasteiger partial charge in [-0.2, -0.15) is 0 Å². The van der Waals surface area contributed by atoms with Gasteiger partial charge in [0.25, 0.3) is 0 Å². The minimum Gasteiger partial charge on any atom is -0.497 e. The van der Waals surface area contributed by atoms with E-state index in [2.05, 4.69) is 12.3 Å². The second-order valence-electron chi connectivity index (χ2n) is 4.55. The van der Waals surface area contributed by atoms with Gasteiger partial charge in [0.1, 0.15) is 11.4 Å². The first kappa shape index (κ1) is 13.4. The quantitative estimate of drug-likeness (QED) is 0.841. The average Bonchev–Trinajstić information content (AvgIpc) is 2.46. The van der Waals surface area contributed by atoms with Crippen LogP contribution in [0.3, 0.4) is 0 Å². The molecule has 0 radical (unpaired) electrons. The number of hydrogen-bond donors (Lipinski definition) is 1. The zero-order valence-corrected chi connectivity index (χ0v) is 11.3. The van der Waals surface area contributed by atoms with Gasteiger partial charge in [0.05, 0.1) is 7.11 Å². The van der Waals surface area contributed by atoms with Crippen LogP contribution < -0.4 is 4.74 Å². The van der Waals surface area contributed by atoms with Crippen molar-refractivity contribution in [3.63, 3.8) is 0 Å². The van der Waals surface area contributed by atoms with Gasteiger partial charge in [-0.05, 0) is 47.0 Å². The zero-order valence-electron chi connectivity index (χ0n) is 11.3. The largest absolute Gasteiger partial charge is 0.497 e. The zero-order chi connectivity index (χ0) is 13.9. The van der Waals surface area contributed by atoms with Crippen LogP contribution in [0.1, 0.15) is 18.9 Å². The summed E-state index contributed by atoms with van der Waals surface area (Å²) in [5, 5.41) is 12.7. The normalized spacial score (nSPS) is 13.6. The lowest BCUT2D eigenvalue weighted by atomic mass is 9.89. The number of hydrogen-bond acceptors (Lipinski definition) is 2. The molecule has 0 aliphatic heterocycles. The second kappa shape index (κ2) is 5.31. The molecule has 0 bridgehead atoms. The summed E-state index contributed by atoms with van der Waals surface area (Å²) >= 11 is 0. The van der Waals surface area contributed by atoms with E-state index in [1.807, 2.05) is 43.3 Å². The third-order valence-electron chi connectivity index (χ3n) is 3.43. The minimum absolute atomic E-state index is 0.581. The predicted molar refractivity (Wildman–Crippen MR) is 78.4 cm³/mol. The summed E-state index contributed by atoms with van der Waals surface area (Å²) < 4.78 is 5.21. The highest BCUT2D eigenvalue weighted by Gasteiger charge is 2.23. The van der Waals surface area contributed by atoms with Crippen LogP contribution in [0.4, 0.5) is 0 Å². The molecule has 0 fully saturated rings. The summed E-state index contributed by atoms with van der Waals surface area (Å²) in [4.78, 5) is 0. The molecule has 2 aromatic rings. The standard InChI is InChI=1S/C17H18O2/c1-4-10-17(18,5-2)15-8-6-14-12-16(19-3)9-7-13(14)11-15/h6-12,18H,1,5H2,2-3H3. The van der Waals surface area contributed by atoms with Gasteiger partial charge in [-0.25, -0.2) is 0 Å². The molecule has 0 aliphatic carbocycles. The van der Waals surface area contributed by atoms with Crippen molar-refractivity contribution in [2.75, 3.05) is 7.11 Å². The molecule has 0 aliphatic rings. The van der Waals surface area contributed by atoms with Crippen LogP contribution in [-0.2, 0) is 5.60 Å². The van der Waals surface area contributed by atoms with E-state index in [1.165, 1.54) is 0 Å². The smallest absolute Gasteiger partial charge is 0.119 e. The highest BCUT2D eigenvalue weighted by Crippen LogP contribution is 2.30. The fraction of sp³-hybridized carbons (Fsp3) is 0.235. The van der Waals surface area contributed by atoms with Crippen molar-refractivity contribution >= 4 is 10.8 Å². The lowest BCUT2D eigenvalue weighted by Crippen LogP contribution is -2.21. The molecule has 2 nitrogen and oxygen atoms in total. The Balaban J connectivity index is 2.55. The molecule has 98 valence electrons. The Hall–Kier alpha value is -2.02. The fourth-order valence-corrected chi connectivity index (χ4v) is 2.18. The van der Waals surface area contributed by atoms with Gasteiger partial charge in [0.2, 0.25) is 0 Å². The van der Waals surface area contributed by atoms with Crippen LogP contribution in [0.25, 0.3) is 10.8 Å². The third-order valence-corrected chi connectivity index (χ3v) is 3.43. The molecule has 1 atom stereocenters. The lowest BCUT2D eigenvalue weighted by Gasteiger charge is -2.23. The summed E-state index contributed by atoms with van der Waals surface area (Å²) in [6.45, 7) is 5.48. The van der Waals surface area contributed by atoms with E-state index < -0.39 is 5.60 Å². The van der Waals surface area contributed by atoms with Gasteiger partial charge in [-0.3, -0.25) is 0 Å². The van der Waals surface area contributed by atoms with Crippen molar-refractivity contribution in [3.05, 3.63) is 60.3 Å². The maximum absolute atomic E-state index is 10.6. The molecule has 0 amide bonds. The van der Waals surface area contributed by atoms with Crippen LogP contribution in [0.15, 0.2) is 54.8 Å². The highest BCUT2D eigenvalue weighted by molar-refractivity contribution is 5.84. The molecule has 0 spiro atoms. The monoisotopic (exact) mass is 254 g/mol. The number of methoxy groups -OCH3 is 1. The maximum atomic E-state index is 10.6. The molecule has 0 saturated carbocycles. The number of benzene rings is 2. The van der Waals surface area contributed by atoms with E-state index in [9.17, 15) is 5.11 Å². The van der Waals surface area contributed by atoms with E-state index in [0.717, 1.165) is 22.1 Å². The van der Waals surface area contributed by atoms with E-state index in [4.69, 9.17) is 4.74 Å². The Morgan fingerprint density at radius 1 is 1.26 bits per heavy atom. The first-order valence-electron chi connectivity index (χ1n) is 6.30. The molecule has 2 heteroatoms. The van der Waals surface area contributed by atoms with Crippen LogP contribution in [-0.4, -0.2) is 12.2 Å². The third kappa shape index (κ3) is 2.55. The lowest BCUT2D eigenvalue weighted by molar-refractivity contribution is 0.0856. The van der Waals surface area contributed by atoms with E-state index >= 15 is 0 Å². The van der Waals surface area contributed by atoms with Gasteiger partial charge in [0.15, 0.2) is 0 Å². The van der Waals surface area contributed by atoms with Crippen LogP contribution >= 0.6 is 0 Å². The Morgan fingerprint density at radius 2 is 1.95 bits per heavy atom. The molecule has 19 heavy (non-hydrogen) atoms. The maximum Gasteiger partial charge on any atom is 0.119 e. The van der Waals surface area contributed by atoms with E-state index in [0.29, 0.717) is 6.42 Å². The fourth-order valence-electron chi connectivity index (χ4n) is 2.18. The first-order valence-corrected chi connectivity index (χ1v) is 6.30. The van der Waals surface area contributed by atoms with Gasteiger partial charge >= 0.3 is 0 Å². The summed E-state index contributed by atoms with van der Waals surface area (Å²) in [6, 6.07) is 11.8. The Kier molecular flexibility index (Phi) is 3.75. The molecule has 0 aromatic heterocycles. The molecule has 0 heterocycles. The van der Waals surface area contributed by atoms with Crippen molar-refractivity contribution < 1.29 is 9.84 Å². The Morgan fingerprint density at radius 3 is 2.58 bits per heavy atom. The molecular formula is C17H18O2. The Labute approximate surface area is 113 Å². The average molecular weight is 254 g/mol. The molecule has 2 aromatic carbocycles. The van der Waals surface area contributed by atoms with Gasteiger partial charge in [0, 0.05) is 0 Å². The summed E-state index contributed by atoms with van der Waals surface area (Å²) in [6.07, 6.45) is 2.19. The number of aliphatic hydroxyl groups is 1. The summed E-state index contributed by atoms with van der Waals surface area (Å²) in [5.74, 6) is 0.831. The highest BCUT2D eigenvalue weighted by atomic mass is 16.5. The number of ether oxygens (including phenoxy) is 1. The second-order valence-corrected chi connectivity index (χ2v) is 4.55. The van der Waals surface area contributed by atoms with Crippen molar-refractivity contribution in [2.45, 2.75) is 18.9 Å². The first-order chi connectivity index (χ1) is 9.12. The van der Waals surface area contributed by atoms with Crippen molar-refractivity contribution in [1.82, 2.24) is 0 Å². The van der Waals surface area contributed by atoms with E-state index in [1.54, 1.807) is 13.2 Å². The predicted octanol–water partition coefficient (Wildman–Crippen LogP) is 3.79. The number of fused-ring (bicyclic) bond motifs is 1.